The van der Waals surface area contributed by atoms with Crippen LogP contribution in [0.2, 0.25) is 0 Å². The normalized spacial score (nSPS) is 11.8. The molecule has 1 aromatic rings. The molecule has 86 valence electrons. The molecule has 0 saturated carbocycles. The van der Waals surface area contributed by atoms with Crippen molar-refractivity contribution < 1.29 is 8.42 Å². The summed E-state index contributed by atoms with van der Waals surface area (Å²) in [6.45, 7) is 4.09. The van der Waals surface area contributed by atoms with Gasteiger partial charge in [-0.1, -0.05) is 13.0 Å². The highest BCUT2D eigenvalue weighted by Crippen LogP contribution is 2.14. The van der Waals surface area contributed by atoms with E-state index in [1.807, 2.05) is 0 Å². The van der Waals surface area contributed by atoms with Crippen molar-refractivity contribution in [2.45, 2.75) is 17.6 Å². The quantitative estimate of drug-likeness (QED) is 0.709. The largest absolute Gasteiger partial charge is 0.315 e. The van der Waals surface area contributed by atoms with Crippen LogP contribution in [-0.2, 0) is 10.0 Å². The Kier molecular flexibility index (Phi) is 5.24. The van der Waals surface area contributed by atoms with Crippen LogP contribution in [0.25, 0.3) is 0 Å². The Hall–Kier alpha value is -0.430. The average molecular weight is 248 g/mol. The van der Waals surface area contributed by atoms with Gasteiger partial charge in [0.1, 0.15) is 4.21 Å². The summed E-state index contributed by atoms with van der Waals surface area (Å²) in [6, 6.07) is 3.33. The van der Waals surface area contributed by atoms with Crippen molar-refractivity contribution in [2.24, 2.45) is 0 Å². The minimum absolute atomic E-state index is 0.373. The molecule has 0 fully saturated rings. The zero-order valence-electron chi connectivity index (χ0n) is 8.69. The van der Waals surface area contributed by atoms with Gasteiger partial charge in [0.15, 0.2) is 0 Å². The van der Waals surface area contributed by atoms with Gasteiger partial charge in [0.2, 0.25) is 10.0 Å². The molecule has 0 amide bonds. The Morgan fingerprint density at radius 1 is 1.33 bits per heavy atom. The van der Waals surface area contributed by atoms with Gasteiger partial charge in [-0.2, -0.15) is 0 Å². The molecule has 0 spiro atoms. The number of hydrogen-bond acceptors (Lipinski definition) is 4. The number of hydrogen-bond donors (Lipinski definition) is 2. The van der Waals surface area contributed by atoms with Crippen LogP contribution in [-0.4, -0.2) is 28.1 Å². The van der Waals surface area contributed by atoms with Gasteiger partial charge in [0.25, 0.3) is 0 Å². The van der Waals surface area contributed by atoms with Gasteiger partial charge >= 0.3 is 0 Å². The second kappa shape index (κ2) is 6.22. The molecule has 0 aliphatic rings. The van der Waals surface area contributed by atoms with Crippen molar-refractivity contribution in [3.05, 3.63) is 17.5 Å². The molecule has 6 heteroatoms. The summed E-state index contributed by atoms with van der Waals surface area (Å²) in [5, 5.41) is 4.88. The standard InChI is InChI=1S/C9H16N2O2S2/c1-2-5-10-6-7-11-15(12,13)9-4-3-8-14-9/h3-4,8,10-11H,2,5-7H2,1H3. The number of thiophene rings is 1. The van der Waals surface area contributed by atoms with Crippen LogP contribution in [0, 0.1) is 0 Å². The molecule has 4 nitrogen and oxygen atoms in total. The van der Waals surface area contributed by atoms with Crippen molar-refractivity contribution in [3.8, 4) is 0 Å². The molecule has 1 rings (SSSR count). The minimum Gasteiger partial charge on any atom is -0.315 e. The van der Waals surface area contributed by atoms with Gasteiger partial charge in [-0.15, -0.1) is 11.3 Å². The first-order valence-corrected chi connectivity index (χ1v) is 7.27. The first-order valence-electron chi connectivity index (χ1n) is 4.90. The van der Waals surface area contributed by atoms with Crippen molar-refractivity contribution in [1.29, 1.82) is 0 Å². The van der Waals surface area contributed by atoms with E-state index in [0.717, 1.165) is 13.0 Å². The monoisotopic (exact) mass is 248 g/mol. The highest BCUT2D eigenvalue weighted by Gasteiger charge is 2.13. The molecule has 0 aromatic carbocycles. The van der Waals surface area contributed by atoms with Gasteiger partial charge in [-0.3, -0.25) is 0 Å². The minimum atomic E-state index is -3.28. The van der Waals surface area contributed by atoms with Crippen molar-refractivity contribution in [3.63, 3.8) is 0 Å². The molecule has 0 unspecified atom stereocenters. The Bertz CT molecular complexity index is 359. The highest BCUT2D eigenvalue weighted by atomic mass is 32.2. The van der Waals surface area contributed by atoms with E-state index in [1.54, 1.807) is 17.5 Å². The maximum atomic E-state index is 11.6. The third-order valence-corrected chi connectivity index (χ3v) is 4.64. The average Bonchev–Trinajstić information content (AvgIpc) is 2.70. The van der Waals surface area contributed by atoms with E-state index in [0.29, 0.717) is 17.3 Å². The third kappa shape index (κ3) is 4.29. The van der Waals surface area contributed by atoms with Gasteiger partial charge in [-0.25, -0.2) is 13.1 Å². The van der Waals surface area contributed by atoms with E-state index in [2.05, 4.69) is 17.0 Å². The molecule has 0 radical (unpaired) electrons. The fourth-order valence-electron chi connectivity index (χ4n) is 1.06. The zero-order chi connectivity index (χ0) is 11.1. The number of sulfonamides is 1. The van der Waals surface area contributed by atoms with Gasteiger partial charge in [0.05, 0.1) is 0 Å². The molecule has 1 aromatic heterocycles. The van der Waals surface area contributed by atoms with Crippen LogP contribution in [0.1, 0.15) is 13.3 Å². The summed E-state index contributed by atoms with van der Waals surface area (Å²) in [5.74, 6) is 0. The van der Waals surface area contributed by atoms with E-state index in [4.69, 9.17) is 0 Å². The lowest BCUT2D eigenvalue weighted by Gasteiger charge is -2.05. The Morgan fingerprint density at radius 2 is 2.13 bits per heavy atom. The Morgan fingerprint density at radius 3 is 2.73 bits per heavy atom. The smallest absolute Gasteiger partial charge is 0.250 e. The summed E-state index contributed by atoms with van der Waals surface area (Å²) in [4.78, 5) is 0. The number of nitrogens with one attached hydrogen (secondary N) is 2. The topological polar surface area (TPSA) is 58.2 Å². The van der Waals surface area contributed by atoms with E-state index in [1.165, 1.54) is 11.3 Å². The molecule has 0 saturated heterocycles. The predicted molar refractivity (Wildman–Crippen MR) is 62.7 cm³/mol. The lowest BCUT2D eigenvalue weighted by atomic mass is 10.5. The van der Waals surface area contributed by atoms with Crippen LogP contribution in [0.15, 0.2) is 21.7 Å². The lowest BCUT2D eigenvalue weighted by Crippen LogP contribution is -2.31. The van der Waals surface area contributed by atoms with E-state index in [-0.39, 0.29) is 0 Å². The van der Waals surface area contributed by atoms with Crippen LogP contribution < -0.4 is 10.0 Å². The van der Waals surface area contributed by atoms with E-state index in [9.17, 15) is 8.42 Å². The maximum Gasteiger partial charge on any atom is 0.250 e. The molecule has 1 heterocycles. The van der Waals surface area contributed by atoms with E-state index < -0.39 is 10.0 Å². The fourth-order valence-corrected chi connectivity index (χ4v) is 3.13. The van der Waals surface area contributed by atoms with Crippen molar-refractivity contribution >= 4 is 21.4 Å². The molecule has 15 heavy (non-hydrogen) atoms. The van der Waals surface area contributed by atoms with Crippen LogP contribution in [0.5, 0.6) is 0 Å². The van der Waals surface area contributed by atoms with Crippen molar-refractivity contribution in [1.82, 2.24) is 10.0 Å². The van der Waals surface area contributed by atoms with Crippen LogP contribution in [0.4, 0.5) is 0 Å². The second-order valence-electron chi connectivity index (χ2n) is 3.08. The number of rotatable bonds is 7. The summed E-state index contributed by atoms with van der Waals surface area (Å²) in [6.07, 6.45) is 1.05. The maximum absolute atomic E-state index is 11.6. The van der Waals surface area contributed by atoms with Crippen molar-refractivity contribution in [2.75, 3.05) is 19.6 Å². The van der Waals surface area contributed by atoms with E-state index >= 15 is 0 Å². The van der Waals surface area contributed by atoms with Gasteiger partial charge in [0, 0.05) is 13.1 Å². The lowest BCUT2D eigenvalue weighted by molar-refractivity contribution is 0.577. The predicted octanol–water partition coefficient (Wildman–Crippen LogP) is 1.03. The molecule has 0 bridgehead atoms. The second-order valence-corrected chi connectivity index (χ2v) is 6.02. The Labute approximate surface area is 94.8 Å². The fraction of sp³-hybridized carbons (Fsp3) is 0.556. The molecular weight excluding hydrogens is 232 g/mol. The van der Waals surface area contributed by atoms with Gasteiger partial charge < -0.3 is 5.32 Å². The first kappa shape index (κ1) is 12.6. The summed E-state index contributed by atoms with van der Waals surface area (Å²) in [5.41, 5.74) is 0. The summed E-state index contributed by atoms with van der Waals surface area (Å²) < 4.78 is 26.1. The summed E-state index contributed by atoms with van der Waals surface area (Å²) in [7, 11) is -3.28. The zero-order valence-corrected chi connectivity index (χ0v) is 10.3. The highest BCUT2D eigenvalue weighted by molar-refractivity contribution is 7.91. The molecule has 2 N–H and O–H groups in total. The molecule has 0 aliphatic heterocycles. The van der Waals surface area contributed by atoms with Crippen LogP contribution in [0.3, 0.4) is 0 Å². The third-order valence-electron chi connectivity index (χ3n) is 1.78. The molecule has 0 aliphatic carbocycles. The Balaban J connectivity index is 2.32. The molecular formula is C9H16N2O2S2. The first-order chi connectivity index (χ1) is 7.17. The van der Waals surface area contributed by atoms with Crippen LogP contribution >= 0.6 is 11.3 Å². The van der Waals surface area contributed by atoms with Gasteiger partial charge in [-0.05, 0) is 24.4 Å². The summed E-state index contributed by atoms with van der Waals surface area (Å²) >= 11 is 1.23. The molecule has 0 atom stereocenters. The SMILES string of the molecule is CCCNCCNS(=O)(=O)c1cccs1.